The number of piperazine rings is 1. The highest BCUT2D eigenvalue weighted by Gasteiger charge is 2.36. The molecule has 1 saturated carbocycles. The summed E-state index contributed by atoms with van der Waals surface area (Å²) in [4.78, 5) is 24.8. The van der Waals surface area contributed by atoms with Crippen LogP contribution in [-0.4, -0.2) is 47.0 Å². The van der Waals surface area contributed by atoms with Gasteiger partial charge in [-0.15, -0.1) is 0 Å². The number of hydrogen-bond acceptors (Lipinski definition) is 5. The maximum Gasteiger partial charge on any atom is 0.246 e. The van der Waals surface area contributed by atoms with Crippen LogP contribution in [0.1, 0.15) is 30.8 Å². The largest absolute Gasteiger partial charge is 0.461 e. The van der Waals surface area contributed by atoms with E-state index in [-0.39, 0.29) is 5.91 Å². The Kier molecular flexibility index (Phi) is 4.26. The lowest BCUT2D eigenvalue weighted by Gasteiger charge is -2.34. The first kappa shape index (κ1) is 15.9. The number of carbonyl (C=O) groups is 1. The molecule has 2 aromatic rings. The van der Waals surface area contributed by atoms with E-state index in [0.717, 1.165) is 36.3 Å². The van der Waals surface area contributed by atoms with E-state index in [9.17, 15) is 4.79 Å². The molecule has 0 aromatic carbocycles. The van der Waals surface area contributed by atoms with Gasteiger partial charge < -0.3 is 14.2 Å². The molecule has 6 heteroatoms. The zero-order valence-corrected chi connectivity index (χ0v) is 14.3. The summed E-state index contributed by atoms with van der Waals surface area (Å²) in [5.41, 5.74) is 0. The molecule has 2 fully saturated rings. The van der Waals surface area contributed by atoms with Gasteiger partial charge in [0.2, 0.25) is 5.91 Å². The molecule has 2 aliphatic rings. The van der Waals surface area contributed by atoms with Gasteiger partial charge in [0.25, 0.3) is 0 Å². The Labute approximate surface area is 147 Å². The lowest BCUT2D eigenvalue weighted by Crippen LogP contribution is -2.48. The predicted molar refractivity (Wildman–Crippen MR) is 95.1 cm³/mol. The topological polar surface area (TPSA) is 62.5 Å². The number of nitrogens with zero attached hydrogens (tertiary/aromatic N) is 4. The maximum absolute atomic E-state index is 12.4. The summed E-state index contributed by atoms with van der Waals surface area (Å²) in [6.45, 7) is 5.13. The van der Waals surface area contributed by atoms with Crippen molar-refractivity contribution in [3.05, 3.63) is 48.3 Å². The summed E-state index contributed by atoms with van der Waals surface area (Å²) in [7, 11) is 0. The summed E-state index contributed by atoms with van der Waals surface area (Å²) in [6.07, 6.45) is 9.69. The van der Waals surface area contributed by atoms with Crippen molar-refractivity contribution in [2.45, 2.75) is 19.3 Å². The SMILES string of the molecule is C[C@@H]1C[C@@H]1c1ccc(/C=C/C(=O)N2CCN(c3cnccn3)CC2)o1. The average Bonchev–Trinajstić information content (AvgIpc) is 3.20. The first-order valence-corrected chi connectivity index (χ1v) is 8.78. The summed E-state index contributed by atoms with van der Waals surface area (Å²) in [5.74, 6) is 3.96. The Balaban J connectivity index is 1.31. The Morgan fingerprint density at radius 3 is 2.72 bits per heavy atom. The minimum atomic E-state index is 0.0246. The molecule has 0 spiro atoms. The molecule has 1 aliphatic heterocycles. The number of anilines is 1. The lowest BCUT2D eigenvalue weighted by molar-refractivity contribution is -0.126. The van der Waals surface area contributed by atoms with Crippen LogP contribution in [-0.2, 0) is 4.79 Å². The molecule has 3 heterocycles. The van der Waals surface area contributed by atoms with Crippen molar-refractivity contribution in [3.63, 3.8) is 0 Å². The van der Waals surface area contributed by atoms with Crippen LogP contribution < -0.4 is 4.90 Å². The number of aromatic nitrogens is 2. The number of rotatable bonds is 4. The smallest absolute Gasteiger partial charge is 0.246 e. The highest BCUT2D eigenvalue weighted by molar-refractivity contribution is 5.91. The van der Waals surface area contributed by atoms with Gasteiger partial charge in [-0.1, -0.05) is 6.92 Å². The molecule has 4 rings (SSSR count). The fraction of sp³-hybridized carbons (Fsp3) is 0.421. The van der Waals surface area contributed by atoms with Gasteiger partial charge in [-0.05, 0) is 30.5 Å². The standard InChI is InChI=1S/C19H22N4O2/c1-14-12-16(14)17-4-2-15(25-17)3-5-19(24)23-10-8-22(9-11-23)18-13-20-6-7-21-18/h2-7,13-14,16H,8-12H2,1H3/b5-3+/t14-,16+/m1/s1. The Morgan fingerprint density at radius 1 is 1.24 bits per heavy atom. The molecule has 25 heavy (non-hydrogen) atoms. The van der Waals surface area contributed by atoms with Gasteiger partial charge in [-0.3, -0.25) is 9.78 Å². The van der Waals surface area contributed by atoms with E-state index in [1.54, 1.807) is 30.7 Å². The van der Waals surface area contributed by atoms with E-state index in [1.807, 2.05) is 17.0 Å². The van der Waals surface area contributed by atoms with Crippen molar-refractivity contribution in [3.8, 4) is 0 Å². The molecular formula is C19H22N4O2. The first-order chi connectivity index (χ1) is 12.2. The second-order valence-electron chi connectivity index (χ2n) is 6.77. The molecular weight excluding hydrogens is 316 g/mol. The van der Waals surface area contributed by atoms with Crippen molar-refractivity contribution in [2.24, 2.45) is 5.92 Å². The van der Waals surface area contributed by atoms with Crippen molar-refractivity contribution < 1.29 is 9.21 Å². The first-order valence-electron chi connectivity index (χ1n) is 8.78. The number of carbonyl (C=O) groups excluding carboxylic acids is 1. The normalized spacial score (nSPS) is 23.2. The Hall–Kier alpha value is -2.63. The van der Waals surface area contributed by atoms with Gasteiger partial charge in [0.15, 0.2) is 0 Å². The lowest BCUT2D eigenvalue weighted by atomic mass is 10.2. The van der Waals surface area contributed by atoms with Crippen LogP contribution >= 0.6 is 0 Å². The molecule has 0 N–H and O–H groups in total. The second-order valence-corrected chi connectivity index (χ2v) is 6.77. The Morgan fingerprint density at radius 2 is 2.04 bits per heavy atom. The fourth-order valence-corrected chi connectivity index (χ4v) is 3.25. The zero-order valence-electron chi connectivity index (χ0n) is 14.3. The molecule has 0 bridgehead atoms. The zero-order chi connectivity index (χ0) is 17.2. The summed E-state index contributed by atoms with van der Waals surface area (Å²) in [5, 5.41) is 0. The summed E-state index contributed by atoms with van der Waals surface area (Å²) >= 11 is 0. The molecule has 130 valence electrons. The van der Waals surface area contributed by atoms with Crippen molar-refractivity contribution >= 4 is 17.8 Å². The van der Waals surface area contributed by atoms with Gasteiger partial charge in [0.05, 0.1) is 6.20 Å². The number of furan rings is 1. The fourth-order valence-electron chi connectivity index (χ4n) is 3.25. The van der Waals surface area contributed by atoms with E-state index in [0.29, 0.717) is 19.0 Å². The molecule has 1 aliphatic carbocycles. The van der Waals surface area contributed by atoms with Gasteiger partial charge in [-0.25, -0.2) is 4.98 Å². The summed E-state index contributed by atoms with van der Waals surface area (Å²) in [6, 6.07) is 3.97. The van der Waals surface area contributed by atoms with E-state index in [1.165, 1.54) is 6.42 Å². The summed E-state index contributed by atoms with van der Waals surface area (Å²) < 4.78 is 5.81. The van der Waals surface area contributed by atoms with Crippen molar-refractivity contribution in [1.29, 1.82) is 0 Å². The third-order valence-corrected chi connectivity index (χ3v) is 4.98. The average molecular weight is 338 g/mol. The monoisotopic (exact) mass is 338 g/mol. The van der Waals surface area contributed by atoms with Crippen LogP contribution in [0.25, 0.3) is 6.08 Å². The van der Waals surface area contributed by atoms with E-state index in [2.05, 4.69) is 21.8 Å². The molecule has 2 aromatic heterocycles. The van der Waals surface area contributed by atoms with E-state index >= 15 is 0 Å². The molecule has 6 nitrogen and oxygen atoms in total. The quantitative estimate of drug-likeness (QED) is 0.802. The van der Waals surface area contributed by atoms with Gasteiger partial charge in [0, 0.05) is 50.6 Å². The van der Waals surface area contributed by atoms with Crippen LogP contribution in [0.15, 0.2) is 41.2 Å². The van der Waals surface area contributed by atoms with Crippen LogP contribution in [0.5, 0.6) is 0 Å². The van der Waals surface area contributed by atoms with Crippen molar-refractivity contribution in [2.75, 3.05) is 31.1 Å². The van der Waals surface area contributed by atoms with Gasteiger partial charge in [0.1, 0.15) is 17.3 Å². The maximum atomic E-state index is 12.4. The van der Waals surface area contributed by atoms with Crippen LogP contribution in [0.4, 0.5) is 5.82 Å². The van der Waals surface area contributed by atoms with Crippen LogP contribution in [0, 0.1) is 5.92 Å². The highest BCUT2D eigenvalue weighted by Crippen LogP contribution is 2.47. The predicted octanol–water partition coefficient (Wildman–Crippen LogP) is 2.56. The molecule has 2 atom stereocenters. The van der Waals surface area contributed by atoms with Crippen LogP contribution in [0.2, 0.25) is 0 Å². The minimum Gasteiger partial charge on any atom is -0.461 e. The highest BCUT2D eigenvalue weighted by atomic mass is 16.3. The molecule has 0 radical (unpaired) electrons. The third kappa shape index (κ3) is 3.57. The van der Waals surface area contributed by atoms with Gasteiger partial charge in [-0.2, -0.15) is 0 Å². The van der Waals surface area contributed by atoms with E-state index in [4.69, 9.17) is 4.42 Å². The molecule has 1 saturated heterocycles. The number of hydrogen-bond donors (Lipinski definition) is 0. The van der Waals surface area contributed by atoms with Gasteiger partial charge >= 0.3 is 0 Å². The molecule has 0 unspecified atom stereocenters. The minimum absolute atomic E-state index is 0.0246. The second kappa shape index (κ2) is 6.70. The molecule has 1 amide bonds. The third-order valence-electron chi connectivity index (χ3n) is 4.98. The van der Waals surface area contributed by atoms with E-state index < -0.39 is 0 Å². The van der Waals surface area contributed by atoms with Crippen LogP contribution in [0.3, 0.4) is 0 Å². The number of amides is 1. The van der Waals surface area contributed by atoms with Crippen molar-refractivity contribution in [1.82, 2.24) is 14.9 Å². The Bertz CT molecular complexity index is 763.